The van der Waals surface area contributed by atoms with Crippen LogP contribution in [0.5, 0.6) is 0 Å². The van der Waals surface area contributed by atoms with Gasteiger partial charge in [-0.2, -0.15) is 0 Å². The van der Waals surface area contributed by atoms with Crippen LogP contribution in [0.15, 0.2) is 30.3 Å². The number of nitrogens with one attached hydrogen (secondary N) is 3. The third-order valence-corrected chi connectivity index (χ3v) is 4.74. The predicted octanol–water partition coefficient (Wildman–Crippen LogP) is 0.872. The van der Waals surface area contributed by atoms with E-state index in [-0.39, 0.29) is 11.6 Å². The van der Waals surface area contributed by atoms with Crippen LogP contribution in [0.1, 0.15) is 24.8 Å². The molecule has 21 heavy (non-hydrogen) atoms. The lowest BCUT2D eigenvalue weighted by Crippen LogP contribution is -2.68. The fraction of sp³-hybridized carbons (Fsp3) is 0.588. The Morgan fingerprint density at radius 2 is 1.90 bits per heavy atom. The molecule has 0 radical (unpaired) electrons. The summed E-state index contributed by atoms with van der Waals surface area (Å²) in [4.78, 5) is 12.5. The number of carbonyl (C=O) groups excluding carboxylic acids is 1. The Bertz CT molecular complexity index is 463. The number of Topliss-reactive ketones (excluding diaryl/α,β-unsaturated/α-hetero) is 1. The van der Waals surface area contributed by atoms with Gasteiger partial charge in [-0.25, -0.2) is 0 Å². The lowest BCUT2D eigenvalue weighted by molar-refractivity contribution is -0.122. The average molecular weight is 287 g/mol. The van der Waals surface area contributed by atoms with E-state index in [1.165, 1.54) is 5.56 Å². The van der Waals surface area contributed by atoms with Gasteiger partial charge in [0.1, 0.15) is 0 Å². The van der Waals surface area contributed by atoms with Gasteiger partial charge in [-0.3, -0.25) is 10.1 Å². The maximum Gasteiger partial charge on any atom is 0.151 e. The summed E-state index contributed by atoms with van der Waals surface area (Å²) in [5, 5.41) is 10.5. The highest BCUT2D eigenvalue weighted by Crippen LogP contribution is 2.21. The Morgan fingerprint density at radius 3 is 2.67 bits per heavy atom. The second kappa shape index (κ2) is 6.69. The highest BCUT2D eigenvalue weighted by atomic mass is 16.1. The molecule has 0 bridgehead atoms. The van der Waals surface area contributed by atoms with Crippen LogP contribution in [0.4, 0.5) is 0 Å². The largest absolute Gasteiger partial charge is 0.317 e. The quantitative estimate of drug-likeness (QED) is 0.769. The van der Waals surface area contributed by atoms with Crippen molar-refractivity contribution < 1.29 is 4.79 Å². The van der Waals surface area contributed by atoms with E-state index in [4.69, 9.17) is 0 Å². The van der Waals surface area contributed by atoms with Gasteiger partial charge in [0.05, 0.1) is 6.04 Å². The van der Waals surface area contributed by atoms with Gasteiger partial charge in [0.2, 0.25) is 0 Å². The average Bonchev–Trinajstić information content (AvgIpc) is 2.54. The molecular formula is C17H25N3O. The minimum Gasteiger partial charge on any atom is -0.317 e. The molecule has 3 rings (SSSR count). The zero-order valence-electron chi connectivity index (χ0n) is 12.5. The molecule has 2 fully saturated rings. The first-order valence-corrected chi connectivity index (χ1v) is 8.03. The molecule has 2 heterocycles. The van der Waals surface area contributed by atoms with Gasteiger partial charge in [0.15, 0.2) is 5.78 Å². The van der Waals surface area contributed by atoms with Crippen molar-refractivity contribution in [2.45, 2.75) is 37.3 Å². The van der Waals surface area contributed by atoms with Crippen molar-refractivity contribution in [3.63, 3.8) is 0 Å². The molecule has 1 spiro atoms. The first kappa shape index (κ1) is 14.7. The summed E-state index contributed by atoms with van der Waals surface area (Å²) < 4.78 is 0. The Hall–Kier alpha value is -1.23. The van der Waals surface area contributed by atoms with Gasteiger partial charge >= 0.3 is 0 Å². The molecule has 1 aromatic rings. The van der Waals surface area contributed by atoms with Gasteiger partial charge in [-0.1, -0.05) is 30.3 Å². The lowest BCUT2D eigenvalue weighted by atomic mass is 9.84. The SMILES string of the molecule is O=C(CCc1ccccc1)C1CNCC2(CCNCC2)N1. The zero-order chi connectivity index (χ0) is 14.5. The van der Waals surface area contributed by atoms with Crippen molar-refractivity contribution in [2.75, 3.05) is 26.2 Å². The van der Waals surface area contributed by atoms with Crippen molar-refractivity contribution in [3.8, 4) is 0 Å². The first-order chi connectivity index (χ1) is 10.3. The molecule has 1 unspecified atom stereocenters. The molecule has 0 aromatic heterocycles. The summed E-state index contributed by atoms with van der Waals surface area (Å²) in [6.45, 7) is 3.83. The normalized spacial score (nSPS) is 24.9. The van der Waals surface area contributed by atoms with Crippen LogP contribution in [-0.2, 0) is 11.2 Å². The molecular weight excluding hydrogens is 262 g/mol. The summed E-state index contributed by atoms with van der Waals surface area (Å²) in [5.41, 5.74) is 1.36. The summed E-state index contributed by atoms with van der Waals surface area (Å²) in [7, 11) is 0. The van der Waals surface area contributed by atoms with Crippen LogP contribution in [0.3, 0.4) is 0 Å². The number of benzene rings is 1. The van der Waals surface area contributed by atoms with Gasteiger partial charge < -0.3 is 10.6 Å². The Labute approximate surface area is 126 Å². The second-order valence-corrected chi connectivity index (χ2v) is 6.31. The first-order valence-electron chi connectivity index (χ1n) is 8.03. The van der Waals surface area contributed by atoms with Crippen LogP contribution < -0.4 is 16.0 Å². The summed E-state index contributed by atoms with van der Waals surface area (Å²) in [6, 6.07) is 10.2. The lowest BCUT2D eigenvalue weighted by Gasteiger charge is -2.45. The molecule has 4 nitrogen and oxygen atoms in total. The maximum atomic E-state index is 12.5. The predicted molar refractivity (Wildman–Crippen MR) is 84.4 cm³/mol. The molecule has 2 aliphatic heterocycles. The minimum absolute atomic E-state index is 0.0273. The Morgan fingerprint density at radius 1 is 1.14 bits per heavy atom. The number of piperazine rings is 1. The van der Waals surface area contributed by atoms with E-state index in [0.717, 1.165) is 45.4 Å². The minimum atomic E-state index is -0.0273. The molecule has 0 amide bonds. The van der Waals surface area contributed by atoms with Crippen LogP contribution in [-0.4, -0.2) is 43.5 Å². The van der Waals surface area contributed by atoms with Crippen molar-refractivity contribution in [3.05, 3.63) is 35.9 Å². The van der Waals surface area contributed by atoms with Gasteiger partial charge in [0.25, 0.3) is 0 Å². The van der Waals surface area contributed by atoms with Crippen molar-refractivity contribution in [1.29, 1.82) is 0 Å². The molecule has 1 aromatic carbocycles. The van der Waals surface area contributed by atoms with Crippen molar-refractivity contribution in [2.24, 2.45) is 0 Å². The van der Waals surface area contributed by atoms with Gasteiger partial charge in [-0.05, 0) is 37.9 Å². The molecule has 2 aliphatic rings. The summed E-state index contributed by atoms with van der Waals surface area (Å²) in [6.07, 6.45) is 3.66. The Balaban J connectivity index is 1.54. The third-order valence-electron chi connectivity index (χ3n) is 4.74. The molecule has 2 saturated heterocycles. The topological polar surface area (TPSA) is 53.2 Å². The van der Waals surface area contributed by atoms with Crippen LogP contribution in [0, 0.1) is 0 Å². The zero-order valence-corrected chi connectivity index (χ0v) is 12.5. The fourth-order valence-electron chi connectivity index (χ4n) is 3.43. The second-order valence-electron chi connectivity index (χ2n) is 6.31. The van der Waals surface area contributed by atoms with Crippen LogP contribution in [0.2, 0.25) is 0 Å². The summed E-state index contributed by atoms with van der Waals surface area (Å²) in [5.74, 6) is 0.337. The molecule has 0 aliphatic carbocycles. The highest BCUT2D eigenvalue weighted by Gasteiger charge is 2.38. The van der Waals surface area contributed by atoms with E-state index < -0.39 is 0 Å². The number of aryl methyl sites for hydroxylation is 1. The highest BCUT2D eigenvalue weighted by molar-refractivity contribution is 5.84. The molecule has 114 valence electrons. The van der Waals surface area contributed by atoms with E-state index in [0.29, 0.717) is 12.2 Å². The number of carbonyl (C=O) groups is 1. The number of rotatable bonds is 4. The Kier molecular flexibility index (Phi) is 4.68. The summed E-state index contributed by atoms with van der Waals surface area (Å²) >= 11 is 0. The molecule has 3 N–H and O–H groups in total. The van der Waals surface area contributed by atoms with Gasteiger partial charge in [-0.15, -0.1) is 0 Å². The molecule has 1 atom stereocenters. The van der Waals surface area contributed by atoms with E-state index in [9.17, 15) is 4.79 Å². The van der Waals surface area contributed by atoms with Gasteiger partial charge in [0, 0.05) is 25.0 Å². The third kappa shape index (κ3) is 3.70. The smallest absolute Gasteiger partial charge is 0.151 e. The number of piperidine rings is 1. The van der Waals surface area contributed by atoms with E-state index in [1.807, 2.05) is 18.2 Å². The van der Waals surface area contributed by atoms with E-state index >= 15 is 0 Å². The standard InChI is InChI=1S/C17H25N3O/c21-16(7-6-14-4-2-1-3-5-14)15-12-19-13-17(20-15)8-10-18-11-9-17/h1-5,15,18-20H,6-13H2. The molecule has 0 saturated carbocycles. The maximum absolute atomic E-state index is 12.5. The van der Waals surface area contributed by atoms with Crippen LogP contribution >= 0.6 is 0 Å². The number of ketones is 1. The van der Waals surface area contributed by atoms with Crippen LogP contribution in [0.25, 0.3) is 0 Å². The van der Waals surface area contributed by atoms with Crippen molar-refractivity contribution >= 4 is 5.78 Å². The monoisotopic (exact) mass is 287 g/mol. The number of hydrogen-bond acceptors (Lipinski definition) is 4. The molecule has 4 heteroatoms. The van der Waals surface area contributed by atoms with E-state index in [1.54, 1.807) is 0 Å². The van der Waals surface area contributed by atoms with E-state index in [2.05, 4.69) is 28.1 Å². The fourth-order valence-corrected chi connectivity index (χ4v) is 3.43. The number of hydrogen-bond donors (Lipinski definition) is 3. The van der Waals surface area contributed by atoms with Crippen molar-refractivity contribution in [1.82, 2.24) is 16.0 Å².